The molecule has 3 atom stereocenters. The number of fused-ring (bicyclic) bond motifs is 1. The monoisotopic (exact) mass is 563 g/mol. The van der Waals surface area contributed by atoms with Gasteiger partial charge in [-0.05, 0) is 86.8 Å². The molecule has 0 saturated heterocycles. The summed E-state index contributed by atoms with van der Waals surface area (Å²) >= 11 is 1.42. The van der Waals surface area contributed by atoms with Crippen molar-refractivity contribution < 1.29 is 19.2 Å². The summed E-state index contributed by atoms with van der Waals surface area (Å²) in [4.78, 5) is 20.5. The van der Waals surface area contributed by atoms with E-state index in [0.29, 0.717) is 34.9 Å². The fourth-order valence-electron chi connectivity index (χ4n) is 6.35. The molecule has 0 amide bonds. The Morgan fingerprint density at radius 1 is 1.20 bits per heavy atom. The summed E-state index contributed by atoms with van der Waals surface area (Å²) in [5.41, 5.74) is 3.83. The Balaban J connectivity index is 1.16. The number of aromatic nitrogens is 2. The second-order valence-corrected chi connectivity index (χ2v) is 14.1. The molecule has 2 unspecified atom stereocenters. The average Bonchev–Trinajstić information content (AvgIpc) is 3.55. The van der Waals surface area contributed by atoms with Crippen LogP contribution >= 0.6 is 11.3 Å². The molecule has 0 radical (unpaired) electrons. The SMILES string of the molecule is CC1CC[C@@H]1CC(C/C=N/c1nc2ccc(C(=O)O)cc2s1)OCc1c(C2CCC(C)(C)CC2)noc1C1CC1. The number of benzene rings is 1. The van der Waals surface area contributed by atoms with E-state index < -0.39 is 5.97 Å². The van der Waals surface area contributed by atoms with Crippen LogP contribution in [-0.4, -0.2) is 33.5 Å². The van der Waals surface area contributed by atoms with Crippen molar-refractivity contribution in [1.29, 1.82) is 0 Å². The second kappa shape index (κ2) is 11.4. The van der Waals surface area contributed by atoms with Gasteiger partial charge in [-0.3, -0.25) is 0 Å². The molecular formula is C32H41N3O4S. The maximum absolute atomic E-state index is 11.3. The molecule has 0 spiro atoms. The highest BCUT2D eigenvalue weighted by Gasteiger charge is 2.37. The van der Waals surface area contributed by atoms with Crippen molar-refractivity contribution in [1.82, 2.24) is 10.1 Å². The van der Waals surface area contributed by atoms with Crippen LogP contribution < -0.4 is 0 Å². The van der Waals surface area contributed by atoms with E-state index in [9.17, 15) is 9.90 Å². The molecule has 40 heavy (non-hydrogen) atoms. The van der Waals surface area contributed by atoms with E-state index >= 15 is 0 Å². The maximum atomic E-state index is 11.3. The van der Waals surface area contributed by atoms with Crippen LogP contribution in [0.25, 0.3) is 10.2 Å². The number of thiazole rings is 1. The Kier molecular flexibility index (Phi) is 7.83. The van der Waals surface area contributed by atoms with Gasteiger partial charge in [-0.1, -0.05) is 43.7 Å². The van der Waals surface area contributed by atoms with Gasteiger partial charge in [0, 0.05) is 30.0 Å². The highest BCUT2D eigenvalue weighted by atomic mass is 32.1. The molecule has 3 aliphatic carbocycles. The quantitative estimate of drug-likeness (QED) is 0.234. The normalized spacial score (nSPS) is 24.0. The fraction of sp³-hybridized carbons (Fsp3) is 0.625. The Hall–Kier alpha value is -2.58. The predicted molar refractivity (Wildman–Crippen MR) is 158 cm³/mol. The summed E-state index contributed by atoms with van der Waals surface area (Å²) in [6.45, 7) is 7.66. The smallest absolute Gasteiger partial charge is 0.335 e. The van der Waals surface area contributed by atoms with Gasteiger partial charge in [0.05, 0.1) is 34.2 Å². The van der Waals surface area contributed by atoms with E-state index in [1.807, 2.05) is 6.21 Å². The third-order valence-electron chi connectivity index (χ3n) is 9.54. The van der Waals surface area contributed by atoms with Gasteiger partial charge in [0.2, 0.25) is 5.13 Å². The minimum Gasteiger partial charge on any atom is -0.478 e. The molecule has 3 saturated carbocycles. The van der Waals surface area contributed by atoms with Crippen LogP contribution in [0.5, 0.6) is 0 Å². The van der Waals surface area contributed by atoms with E-state index in [0.717, 1.165) is 40.4 Å². The number of aliphatic imine (C=N–C) groups is 1. The molecule has 3 aromatic rings. The molecule has 1 aromatic carbocycles. The van der Waals surface area contributed by atoms with Gasteiger partial charge >= 0.3 is 5.97 Å². The van der Waals surface area contributed by atoms with Gasteiger partial charge in [0.15, 0.2) is 0 Å². The first-order valence-corrected chi connectivity index (χ1v) is 15.8. The summed E-state index contributed by atoms with van der Waals surface area (Å²) in [5, 5.41) is 14.6. The fourth-order valence-corrected chi connectivity index (χ4v) is 7.22. The van der Waals surface area contributed by atoms with E-state index in [-0.39, 0.29) is 11.7 Å². The molecule has 0 bridgehead atoms. The number of carboxylic acids is 1. The average molecular weight is 564 g/mol. The van der Waals surface area contributed by atoms with Crippen LogP contribution in [-0.2, 0) is 11.3 Å². The summed E-state index contributed by atoms with van der Waals surface area (Å²) in [6, 6.07) is 5.00. The van der Waals surface area contributed by atoms with Crippen LogP contribution in [0.15, 0.2) is 27.7 Å². The Morgan fingerprint density at radius 3 is 2.67 bits per heavy atom. The van der Waals surface area contributed by atoms with Gasteiger partial charge < -0.3 is 14.4 Å². The maximum Gasteiger partial charge on any atom is 0.335 e. The van der Waals surface area contributed by atoms with Crippen molar-refractivity contribution in [3.8, 4) is 0 Å². The molecule has 3 aliphatic rings. The first kappa shape index (κ1) is 27.6. The lowest BCUT2D eigenvalue weighted by Crippen LogP contribution is -2.29. The molecule has 0 aliphatic heterocycles. The van der Waals surface area contributed by atoms with Gasteiger partial charge in [0.1, 0.15) is 5.76 Å². The van der Waals surface area contributed by atoms with Crippen molar-refractivity contribution in [2.45, 2.75) is 110 Å². The second-order valence-electron chi connectivity index (χ2n) is 13.1. The van der Waals surface area contributed by atoms with Gasteiger partial charge in [-0.2, -0.15) is 0 Å². The van der Waals surface area contributed by atoms with Gasteiger partial charge in [-0.25, -0.2) is 14.8 Å². The summed E-state index contributed by atoms with van der Waals surface area (Å²) in [6.07, 6.45) is 13.5. The number of hydrogen-bond acceptors (Lipinski definition) is 7. The number of ether oxygens (including phenoxy) is 1. The third kappa shape index (κ3) is 6.18. The van der Waals surface area contributed by atoms with E-state index in [1.54, 1.807) is 18.2 Å². The standard InChI is InChI=1S/C32H41N3O4S/c1-19-4-5-22(19)16-24(12-15-33-31-34-26-9-8-23(30(36)37)17-27(26)40-31)38-18-25-28(35-39-29(25)21-6-7-21)20-10-13-32(2,3)14-11-20/h8-9,15,17,19-22,24H,4-7,10-14,16,18H2,1-3H3,(H,36,37)/b33-15+/t19?,22-,24?/m1/s1. The number of nitrogens with zero attached hydrogens (tertiary/aromatic N) is 3. The Bertz CT molecular complexity index is 1380. The topological polar surface area (TPSA) is 97.8 Å². The summed E-state index contributed by atoms with van der Waals surface area (Å²) in [5.74, 6) is 2.55. The van der Waals surface area contributed by atoms with Crippen molar-refractivity contribution in [3.05, 3.63) is 40.8 Å². The third-order valence-corrected chi connectivity index (χ3v) is 10.5. The Morgan fingerprint density at radius 2 is 2.00 bits per heavy atom. The van der Waals surface area contributed by atoms with Gasteiger partial charge in [0.25, 0.3) is 0 Å². The summed E-state index contributed by atoms with van der Waals surface area (Å²) < 4.78 is 13.5. The molecule has 7 nitrogen and oxygen atoms in total. The van der Waals surface area contributed by atoms with E-state index in [2.05, 4.69) is 35.9 Å². The van der Waals surface area contributed by atoms with E-state index in [1.165, 1.54) is 68.3 Å². The molecule has 214 valence electrons. The minimum atomic E-state index is -0.932. The largest absolute Gasteiger partial charge is 0.478 e. The van der Waals surface area contributed by atoms with Crippen LogP contribution in [0, 0.1) is 17.3 Å². The lowest BCUT2D eigenvalue weighted by molar-refractivity contribution is 0.00762. The van der Waals surface area contributed by atoms with Crippen molar-refractivity contribution >= 4 is 38.9 Å². The van der Waals surface area contributed by atoms with E-state index in [4.69, 9.17) is 9.26 Å². The molecule has 3 fully saturated rings. The molecule has 8 heteroatoms. The number of carbonyl (C=O) groups is 1. The minimum absolute atomic E-state index is 0.0737. The highest BCUT2D eigenvalue weighted by Crippen LogP contribution is 2.47. The first-order chi connectivity index (χ1) is 19.3. The van der Waals surface area contributed by atoms with Crippen LogP contribution in [0.1, 0.15) is 124 Å². The zero-order chi connectivity index (χ0) is 27.9. The van der Waals surface area contributed by atoms with Crippen LogP contribution in [0.2, 0.25) is 0 Å². The number of rotatable bonds is 11. The zero-order valence-corrected chi connectivity index (χ0v) is 24.7. The number of aromatic carboxylic acids is 1. The molecular weight excluding hydrogens is 522 g/mol. The van der Waals surface area contributed by atoms with Crippen molar-refractivity contribution in [2.75, 3.05) is 0 Å². The predicted octanol–water partition coefficient (Wildman–Crippen LogP) is 8.66. The molecule has 1 N–H and O–H groups in total. The zero-order valence-electron chi connectivity index (χ0n) is 23.9. The summed E-state index contributed by atoms with van der Waals surface area (Å²) in [7, 11) is 0. The van der Waals surface area contributed by atoms with Crippen LogP contribution in [0.4, 0.5) is 5.13 Å². The van der Waals surface area contributed by atoms with Crippen molar-refractivity contribution in [2.24, 2.45) is 22.2 Å². The molecule has 2 aromatic heterocycles. The lowest BCUT2D eigenvalue weighted by Gasteiger charge is -2.36. The van der Waals surface area contributed by atoms with Gasteiger partial charge in [-0.15, -0.1) is 0 Å². The lowest BCUT2D eigenvalue weighted by atomic mass is 9.71. The molecule has 2 heterocycles. The highest BCUT2D eigenvalue weighted by molar-refractivity contribution is 7.22. The number of hydrogen-bond donors (Lipinski definition) is 1. The first-order valence-electron chi connectivity index (χ1n) is 15.0. The molecule has 6 rings (SSSR count). The van der Waals surface area contributed by atoms with Crippen LogP contribution in [0.3, 0.4) is 0 Å². The van der Waals surface area contributed by atoms with Crippen molar-refractivity contribution in [3.63, 3.8) is 0 Å². The Labute approximate surface area is 240 Å². The number of carboxylic acid groups (broad SMARTS) is 1.